The lowest BCUT2D eigenvalue weighted by atomic mass is 10.2. The fraction of sp³-hybridized carbons (Fsp3) is 0.0833. The van der Waals surface area contributed by atoms with Crippen molar-refractivity contribution in [3.8, 4) is 11.8 Å². The van der Waals surface area contributed by atoms with Gasteiger partial charge in [0.1, 0.15) is 9.96 Å². The highest BCUT2D eigenvalue weighted by molar-refractivity contribution is 9.11. The molecule has 8 heteroatoms. The van der Waals surface area contributed by atoms with Crippen molar-refractivity contribution < 1.29 is 13.2 Å². The van der Waals surface area contributed by atoms with Crippen molar-refractivity contribution in [1.82, 2.24) is 0 Å². The van der Waals surface area contributed by atoms with E-state index in [1.54, 1.807) is 6.07 Å². The number of methoxy groups -OCH3 is 1. The average Bonchev–Trinajstić information content (AvgIpc) is 2.86. The summed E-state index contributed by atoms with van der Waals surface area (Å²) in [5.41, 5.74) is 0.680. The minimum atomic E-state index is -3.67. The summed E-state index contributed by atoms with van der Waals surface area (Å²) in [4.78, 5) is 0. The zero-order valence-electron chi connectivity index (χ0n) is 10.3. The number of thiophene rings is 1. The molecule has 0 spiro atoms. The fourth-order valence-corrected chi connectivity index (χ4v) is 4.56. The van der Waals surface area contributed by atoms with Crippen LogP contribution in [0.1, 0.15) is 5.56 Å². The van der Waals surface area contributed by atoms with E-state index in [2.05, 4.69) is 20.7 Å². The van der Waals surface area contributed by atoms with Gasteiger partial charge in [0.2, 0.25) is 0 Å². The van der Waals surface area contributed by atoms with Crippen LogP contribution < -0.4 is 9.46 Å². The lowest BCUT2D eigenvalue weighted by molar-refractivity contribution is 0.416. The number of benzene rings is 1. The number of hydrogen-bond acceptors (Lipinski definition) is 5. The molecule has 5 nitrogen and oxygen atoms in total. The Labute approximate surface area is 129 Å². The van der Waals surface area contributed by atoms with E-state index in [-0.39, 0.29) is 9.90 Å². The highest BCUT2D eigenvalue weighted by Crippen LogP contribution is 2.31. The maximum Gasteiger partial charge on any atom is 0.271 e. The Morgan fingerprint density at radius 3 is 2.65 bits per heavy atom. The van der Waals surface area contributed by atoms with Gasteiger partial charge in [0, 0.05) is 6.07 Å². The summed E-state index contributed by atoms with van der Waals surface area (Å²) < 4.78 is 32.8. The Bertz CT molecular complexity index is 778. The summed E-state index contributed by atoms with van der Waals surface area (Å²) >= 11 is 4.33. The molecule has 0 atom stereocenters. The summed E-state index contributed by atoms with van der Waals surface area (Å²) in [5, 5.41) is 8.81. The molecule has 0 radical (unpaired) electrons. The lowest BCUT2D eigenvalue weighted by Crippen LogP contribution is -2.12. The smallest absolute Gasteiger partial charge is 0.271 e. The van der Waals surface area contributed by atoms with Crippen molar-refractivity contribution in [2.75, 3.05) is 11.8 Å². The SMILES string of the molecule is COc1cc(C#N)ccc1NS(=O)(=O)c1ccc(Br)s1. The molecule has 1 aromatic carbocycles. The normalized spacial score (nSPS) is 10.8. The molecule has 1 N–H and O–H groups in total. The van der Waals surface area contributed by atoms with E-state index in [4.69, 9.17) is 10.00 Å². The van der Waals surface area contributed by atoms with Crippen molar-refractivity contribution in [3.05, 3.63) is 39.7 Å². The van der Waals surface area contributed by atoms with Crippen LogP contribution in [0.4, 0.5) is 5.69 Å². The van der Waals surface area contributed by atoms with Gasteiger partial charge >= 0.3 is 0 Å². The van der Waals surface area contributed by atoms with Gasteiger partial charge in [-0.05, 0) is 40.2 Å². The number of anilines is 1. The molecule has 0 unspecified atom stereocenters. The van der Waals surface area contributed by atoms with Gasteiger partial charge in [-0.15, -0.1) is 11.3 Å². The largest absolute Gasteiger partial charge is 0.495 e. The zero-order chi connectivity index (χ0) is 14.8. The Balaban J connectivity index is 2.37. The molecule has 0 saturated carbocycles. The predicted octanol–water partition coefficient (Wildman–Crippen LogP) is 3.19. The molecule has 0 aliphatic heterocycles. The first-order chi connectivity index (χ1) is 9.46. The van der Waals surface area contributed by atoms with E-state index in [0.717, 1.165) is 15.1 Å². The molecular weight excluding hydrogens is 364 g/mol. The molecule has 2 rings (SSSR count). The first-order valence-electron chi connectivity index (χ1n) is 5.32. The van der Waals surface area contributed by atoms with Crippen LogP contribution in [0.5, 0.6) is 5.75 Å². The third-order valence-electron chi connectivity index (χ3n) is 2.39. The first kappa shape index (κ1) is 14.8. The van der Waals surface area contributed by atoms with Gasteiger partial charge in [-0.1, -0.05) is 0 Å². The third-order valence-corrected chi connectivity index (χ3v) is 5.87. The molecule has 2 aromatic rings. The number of nitrogens with one attached hydrogen (secondary N) is 1. The van der Waals surface area contributed by atoms with Crippen molar-refractivity contribution in [2.45, 2.75) is 4.21 Å². The van der Waals surface area contributed by atoms with Crippen LogP contribution in [0.2, 0.25) is 0 Å². The van der Waals surface area contributed by atoms with Gasteiger partial charge in [0.05, 0.1) is 28.2 Å². The minimum absolute atomic E-state index is 0.191. The van der Waals surface area contributed by atoms with E-state index in [1.807, 2.05) is 6.07 Å². The van der Waals surface area contributed by atoms with Crippen LogP contribution in [0.25, 0.3) is 0 Å². The number of halogens is 1. The number of ether oxygens (including phenoxy) is 1. The quantitative estimate of drug-likeness (QED) is 0.893. The predicted molar refractivity (Wildman–Crippen MR) is 80.5 cm³/mol. The van der Waals surface area contributed by atoms with Gasteiger partial charge in [0.15, 0.2) is 0 Å². The number of hydrogen-bond donors (Lipinski definition) is 1. The van der Waals surface area contributed by atoms with Crippen molar-refractivity contribution >= 4 is 43.0 Å². The highest BCUT2D eigenvalue weighted by Gasteiger charge is 2.18. The first-order valence-corrected chi connectivity index (χ1v) is 8.42. The summed E-state index contributed by atoms with van der Waals surface area (Å²) in [5.74, 6) is 0.295. The topological polar surface area (TPSA) is 79.2 Å². The van der Waals surface area contributed by atoms with Crippen LogP contribution in [-0.2, 0) is 10.0 Å². The number of nitriles is 1. The molecule has 0 amide bonds. The molecule has 0 aliphatic carbocycles. The Kier molecular flexibility index (Phi) is 4.32. The maximum absolute atomic E-state index is 12.2. The molecular formula is C12H9BrN2O3S2. The van der Waals surface area contributed by atoms with Gasteiger partial charge in [0.25, 0.3) is 10.0 Å². The zero-order valence-corrected chi connectivity index (χ0v) is 13.5. The monoisotopic (exact) mass is 372 g/mol. The summed E-state index contributed by atoms with van der Waals surface area (Å²) in [6.45, 7) is 0. The number of sulfonamides is 1. The van der Waals surface area contributed by atoms with Crippen molar-refractivity contribution in [2.24, 2.45) is 0 Å². The molecule has 1 heterocycles. The summed E-state index contributed by atoms with van der Waals surface area (Å²) in [6, 6.07) is 9.63. The third kappa shape index (κ3) is 3.12. The maximum atomic E-state index is 12.2. The molecule has 20 heavy (non-hydrogen) atoms. The Morgan fingerprint density at radius 1 is 1.35 bits per heavy atom. The standard InChI is InChI=1S/C12H9BrN2O3S2/c1-18-10-6-8(7-14)2-3-9(10)15-20(16,17)12-5-4-11(13)19-12/h2-6,15H,1H3. The minimum Gasteiger partial charge on any atom is -0.495 e. The second kappa shape index (κ2) is 5.83. The Hall–Kier alpha value is -1.56. The lowest BCUT2D eigenvalue weighted by Gasteiger charge is -2.10. The van der Waals surface area contributed by atoms with E-state index in [9.17, 15) is 8.42 Å². The van der Waals surface area contributed by atoms with Crippen LogP contribution in [0.3, 0.4) is 0 Å². The van der Waals surface area contributed by atoms with Crippen LogP contribution in [-0.4, -0.2) is 15.5 Å². The van der Waals surface area contributed by atoms with Crippen molar-refractivity contribution in [1.29, 1.82) is 5.26 Å². The Morgan fingerprint density at radius 2 is 2.10 bits per heavy atom. The molecule has 0 aliphatic rings. The van der Waals surface area contributed by atoms with E-state index in [1.165, 1.54) is 31.4 Å². The van der Waals surface area contributed by atoms with Crippen LogP contribution in [0.15, 0.2) is 38.3 Å². The van der Waals surface area contributed by atoms with E-state index in [0.29, 0.717) is 11.3 Å². The molecule has 0 fully saturated rings. The molecule has 0 bridgehead atoms. The fourth-order valence-electron chi connectivity index (χ4n) is 1.48. The number of nitrogens with zero attached hydrogens (tertiary/aromatic N) is 1. The molecule has 1 aromatic heterocycles. The van der Waals surface area contributed by atoms with Gasteiger partial charge in [-0.3, -0.25) is 4.72 Å². The van der Waals surface area contributed by atoms with Gasteiger partial charge < -0.3 is 4.74 Å². The number of rotatable bonds is 4. The average molecular weight is 373 g/mol. The van der Waals surface area contributed by atoms with Crippen molar-refractivity contribution in [3.63, 3.8) is 0 Å². The van der Waals surface area contributed by atoms with Gasteiger partial charge in [-0.25, -0.2) is 8.42 Å². The summed E-state index contributed by atoms with van der Waals surface area (Å²) in [6.07, 6.45) is 0. The van der Waals surface area contributed by atoms with E-state index >= 15 is 0 Å². The van der Waals surface area contributed by atoms with Crippen LogP contribution >= 0.6 is 27.3 Å². The van der Waals surface area contributed by atoms with E-state index < -0.39 is 10.0 Å². The highest BCUT2D eigenvalue weighted by atomic mass is 79.9. The second-order valence-electron chi connectivity index (χ2n) is 3.69. The van der Waals surface area contributed by atoms with Crippen LogP contribution in [0, 0.1) is 11.3 Å². The molecule has 0 saturated heterocycles. The second-order valence-corrected chi connectivity index (χ2v) is 8.06. The van der Waals surface area contributed by atoms with Gasteiger partial charge in [-0.2, -0.15) is 5.26 Å². The summed E-state index contributed by atoms with van der Waals surface area (Å²) in [7, 11) is -2.26. The molecule has 104 valence electrons.